The summed E-state index contributed by atoms with van der Waals surface area (Å²) >= 11 is 0. The summed E-state index contributed by atoms with van der Waals surface area (Å²) in [5, 5.41) is 0. The summed E-state index contributed by atoms with van der Waals surface area (Å²) in [5.74, 6) is 0. The fraction of sp³-hybridized carbons (Fsp3) is 1.00. The highest BCUT2D eigenvalue weighted by Crippen LogP contribution is 2.12. The molecule has 0 aliphatic carbocycles. The van der Waals surface area contributed by atoms with Gasteiger partial charge in [0.15, 0.2) is 0 Å². The second kappa shape index (κ2) is 22.1. The van der Waals surface area contributed by atoms with Gasteiger partial charge in [0.25, 0.3) is 0 Å². The van der Waals surface area contributed by atoms with Crippen LogP contribution in [0.25, 0.3) is 0 Å². The molecule has 0 aromatic rings. The van der Waals surface area contributed by atoms with E-state index in [9.17, 15) is 0 Å². The highest BCUT2D eigenvalue weighted by Gasteiger charge is 1.92. The third-order valence-corrected chi connectivity index (χ3v) is 3.46. The average Bonchev–Trinajstić information content (AvgIpc) is 2.31. The van der Waals surface area contributed by atoms with Gasteiger partial charge in [-0.25, -0.2) is 0 Å². The molecule has 0 aliphatic rings. The summed E-state index contributed by atoms with van der Waals surface area (Å²) in [6, 6.07) is 0. The highest BCUT2D eigenvalue weighted by molar-refractivity contribution is 4.48. The summed E-state index contributed by atoms with van der Waals surface area (Å²) in [7, 11) is 0. The molecule has 0 atom stereocenters. The van der Waals surface area contributed by atoms with Crippen molar-refractivity contribution in [3.05, 3.63) is 0 Å². The van der Waals surface area contributed by atoms with Crippen LogP contribution >= 0.6 is 0 Å². The lowest BCUT2D eigenvalue weighted by Crippen LogP contribution is -1.82. The van der Waals surface area contributed by atoms with E-state index in [2.05, 4.69) is 13.8 Å². The van der Waals surface area contributed by atoms with Crippen LogP contribution in [0.15, 0.2) is 0 Å². The van der Waals surface area contributed by atoms with Crippen molar-refractivity contribution in [1.29, 1.82) is 0 Å². The van der Waals surface area contributed by atoms with Gasteiger partial charge in [-0.2, -0.15) is 0 Å². The lowest BCUT2D eigenvalue weighted by Gasteiger charge is -2.02. The Kier molecular flexibility index (Phi) is 28.3. The Labute approximate surface area is 115 Å². The summed E-state index contributed by atoms with van der Waals surface area (Å²) in [6.45, 7) is 4.58. The average molecular weight is 262 g/mol. The Morgan fingerprint density at radius 1 is 0.333 bits per heavy atom. The van der Waals surface area contributed by atoms with Gasteiger partial charge in [0.1, 0.15) is 0 Å². The van der Waals surface area contributed by atoms with Crippen molar-refractivity contribution in [2.75, 3.05) is 0 Å². The Bertz CT molecular complexity index is 102. The van der Waals surface area contributed by atoms with Gasteiger partial charge in [0.05, 0.1) is 0 Å². The fourth-order valence-corrected chi connectivity index (χ4v) is 2.27. The predicted octanol–water partition coefficient (Wildman–Crippen LogP) is 4.84. The van der Waals surface area contributed by atoms with Gasteiger partial charge in [-0.3, -0.25) is 0 Å². The first kappa shape index (κ1) is 23.0. The Morgan fingerprint density at radius 2 is 0.500 bits per heavy atom. The molecule has 0 heterocycles. The zero-order valence-corrected chi connectivity index (χ0v) is 12.9. The van der Waals surface area contributed by atoms with E-state index < -0.39 is 0 Å². The van der Waals surface area contributed by atoms with Gasteiger partial charge < -0.3 is 11.0 Å². The molecule has 0 radical (unpaired) electrons. The van der Waals surface area contributed by atoms with Crippen LogP contribution in [0.4, 0.5) is 0 Å². The molecule has 0 spiro atoms. The van der Waals surface area contributed by atoms with Crippen molar-refractivity contribution in [3.8, 4) is 0 Å². The second-order valence-electron chi connectivity index (χ2n) is 5.24. The Balaban J connectivity index is -0.00000112. The lowest BCUT2D eigenvalue weighted by atomic mass is 10.0. The molecular weight excluding hydrogens is 224 g/mol. The zero-order valence-electron chi connectivity index (χ0n) is 12.9. The Hall–Kier alpha value is -0.0800. The van der Waals surface area contributed by atoms with Crippen molar-refractivity contribution in [2.24, 2.45) is 0 Å². The maximum atomic E-state index is 2.29. The monoisotopic (exact) mass is 262 g/mol. The standard InChI is InChI=1S/C16H34.2H2O/c1-3-5-7-9-11-13-15-16-14-12-10-8-6-4-2;;/h3-16H2,1-2H3;2*1H2. The van der Waals surface area contributed by atoms with E-state index in [-0.39, 0.29) is 11.0 Å². The molecule has 0 unspecified atom stereocenters. The minimum atomic E-state index is 0. The molecule has 114 valence electrons. The van der Waals surface area contributed by atoms with Crippen molar-refractivity contribution in [3.63, 3.8) is 0 Å². The summed E-state index contributed by atoms with van der Waals surface area (Å²) in [5.41, 5.74) is 0. The van der Waals surface area contributed by atoms with Crippen LogP contribution in [-0.2, 0) is 0 Å². The maximum Gasteiger partial charge on any atom is -0.0533 e. The van der Waals surface area contributed by atoms with Crippen molar-refractivity contribution in [1.82, 2.24) is 0 Å². The van der Waals surface area contributed by atoms with Crippen LogP contribution in [0.2, 0.25) is 0 Å². The van der Waals surface area contributed by atoms with Crippen LogP contribution < -0.4 is 0 Å². The van der Waals surface area contributed by atoms with Crippen LogP contribution in [0, 0.1) is 0 Å². The number of hydrogen-bond acceptors (Lipinski definition) is 0. The van der Waals surface area contributed by atoms with Gasteiger partial charge in [-0.05, 0) is 0 Å². The SMILES string of the molecule is CCCCCCCCCCCCCCCC.O.O. The molecule has 0 fully saturated rings. The van der Waals surface area contributed by atoms with E-state index in [1.165, 1.54) is 89.9 Å². The molecule has 0 bridgehead atoms. The second-order valence-corrected chi connectivity index (χ2v) is 5.24. The number of hydrogen-bond donors (Lipinski definition) is 0. The first-order chi connectivity index (χ1) is 7.91. The molecular formula is C16H38O2. The van der Waals surface area contributed by atoms with Crippen molar-refractivity contribution >= 4 is 0 Å². The van der Waals surface area contributed by atoms with Crippen LogP contribution in [0.5, 0.6) is 0 Å². The topological polar surface area (TPSA) is 63.0 Å². The van der Waals surface area contributed by atoms with Gasteiger partial charge >= 0.3 is 0 Å². The largest absolute Gasteiger partial charge is 0.412 e. The molecule has 0 amide bonds. The van der Waals surface area contributed by atoms with Crippen LogP contribution in [0.3, 0.4) is 0 Å². The number of rotatable bonds is 13. The van der Waals surface area contributed by atoms with E-state index in [1.54, 1.807) is 0 Å². The van der Waals surface area contributed by atoms with Crippen molar-refractivity contribution in [2.45, 2.75) is 104 Å². The molecule has 0 rings (SSSR count). The molecule has 18 heavy (non-hydrogen) atoms. The van der Waals surface area contributed by atoms with Gasteiger partial charge in [-0.15, -0.1) is 0 Å². The Morgan fingerprint density at radius 3 is 0.667 bits per heavy atom. The van der Waals surface area contributed by atoms with Gasteiger partial charge in [0, 0.05) is 0 Å². The number of unbranched alkanes of at least 4 members (excludes halogenated alkanes) is 13. The molecule has 0 aromatic heterocycles. The highest BCUT2D eigenvalue weighted by atomic mass is 16.0. The maximum absolute atomic E-state index is 2.29. The van der Waals surface area contributed by atoms with E-state index in [0.717, 1.165) is 0 Å². The molecule has 4 N–H and O–H groups in total. The molecule has 2 nitrogen and oxygen atoms in total. The minimum Gasteiger partial charge on any atom is -0.412 e. The molecule has 2 heteroatoms. The minimum absolute atomic E-state index is 0. The van der Waals surface area contributed by atoms with E-state index in [1.807, 2.05) is 0 Å². The van der Waals surface area contributed by atoms with E-state index in [4.69, 9.17) is 0 Å². The van der Waals surface area contributed by atoms with Crippen molar-refractivity contribution < 1.29 is 11.0 Å². The normalized spacial score (nSPS) is 9.67. The predicted molar refractivity (Wildman–Crippen MR) is 83.2 cm³/mol. The fourth-order valence-electron chi connectivity index (χ4n) is 2.27. The molecule has 0 aliphatic heterocycles. The van der Waals surface area contributed by atoms with Gasteiger partial charge in [-0.1, -0.05) is 104 Å². The summed E-state index contributed by atoms with van der Waals surface area (Å²) in [6.07, 6.45) is 20.4. The summed E-state index contributed by atoms with van der Waals surface area (Å²) in [4.78, 5) is 0. The zero-order chi connectivity index (χ0) is 11.9. The first-order valence-corrected chi connectivity index (χ1v) is 7.91. The van der Waals surface area contributed by atoms with E-state index in [0.29, 0.717) is 0 Å². The third kappa shape index (κ3) is 21.2. The molecule has 0 saturated heterocycles. The molecule has 0 saturated carbocycles. The van der Waals surface area contributed by atoms with E-state index >= 15 is 0 Å². The lowest BCUT2D eigenvalue weighted by molar-refractivity contribution is 0.538. The van der Waals surface area contributed by atoms with Crippen LogP contribution in [0.1, 0.15) is 104 Å². The summed E-state index contributed by atoms with van der Waals surface area (Å²) < 4.78 is 0. The van der Waals surface area contributed by atoms with Crippen LogP contribution in [-0.4, -0.2) is 11.0 Å². The molecule has 0 aromatic carbocycles. The first-order valence-electron chi connectivity index (χ1n) is 7.91. The quantitative estimate of drug-likeness (QED) is 0.426. The smallest absolute Gasteiger partial charge is 0.0533 e. The third-order valence-electron chi connectivity index (χ3n) is 3.46. The van der Waals surface area contributed by atoms with Gasteiger partial charge in [0.2, 0.25) is 0 Å².